The van der Waals surface area contributed by atoms with E-state index < -0.39 is 0 Å². The van der Waals surface area contributed by atoms with Crippen molar-refractivity contribution in [3.8, 4) is 0 Å². The zero-order valence-corrected chi connectivity index (χ0v) is 16.1. The van der Waals surface area contributed by atoms with Crippen LogP contribution in [0.4, 0.5) is 4.79 Å². The van der Waals surface area contributed by atoms with E-state index >= 15 is 0 Å². The number of benzene rings is 1. The molecule has 2 aliphatic rings. The average Bonchev–Trinajstić information content (AvgIpc) is 3.33. The summed E-state index contributed by atoms with van der Waals surface area (Å²) in [6, 6.07) is 12.4. The van der Waals surface area contributed by atoms with Crippen LogP contribution >= 0.6 is 11.3 Å². The molecule has 3 heterocycles. The molecule has 1 atom stereocenters. The molecule has 2 amide bonds. The van der Waals surface area contributed by atoms with Gasteiger partial charge in [-0.05, 0) is 49.6 Å². The fourth-order valence-electron chi connectivity index (χ4n) is 4.11. The van der Waals surface area contributed by atoms with Gasteiger partial charge in [0, 0.05) is 24.6 Å². The van der Waals surface area contributed by atoms with E-state index in [9.17, 15) is 4.79 Å². The highest BCUT2D eigenvalue weighted by atomic mass is 32.1. The number of amides is 2. The van der Waals surface area contributed by atoms with Crippen molar-refractivity contribution >= 4 is 17.4 Å². The van der Waals surface area contributed by atoms with Gasteiger partial charge in [-0.15, -0.1) is 11.3 Å². The van der Waals surface area contributed by atoms with E-state index in [0.717, 1.165) is 55.8 Å². The lowest BCUT2D eigenvalue weighted by atomic mass is 9.89. The number of nitrogens with zero attached hydrogens (tertiary/aromatic N) is 1. The van der Waals surface area contributed by atoms with Gasteiger partial charge in [0.25, 0.3) is 0 Å². The van der Waals surface area contributed by atoms with Crippen LogP contribution in [0.2, 0.25) is 0 Å². The molecule has 4 nitrogen and oxygen atoms in total. The molecule has 2 fully saturated rings. The first-order chi connectivity index (χ1) is 12.7. The first-order valence-electron chi connectivity index (χ1n) is 9.45. The zero-order valence-electron chi connectivity index (χ0n) is 15.2. The monoisotopic (exact) mass is 370 g/mol. The summed E-state index contributed by atoms with van der Waals surface area (Å²) in [6.45, 7) is 4.51. The minimum atomic E-state index is -0.0963. The minimum Gasteiger partial charge on any atom is -0.375 e. The lowest BCUT2D eigenvalue weighted by Crippen LogP contribution is -2.50. The number of piperidine rings is 1. The first kappa shape index (κ1) is 17.6. The van der Waals surface area contributed by atoms with Crippen molar-refractivity contribution in [1.29, 1.82) is 0 Å². The molecule has 0 aliphatic carbocycles. The van der Waals surface area contributed by atoms with Crippen LogP contribution in [-0.2, 0) is 4.74 Å². The Morgan fingerprint density at radius 1 is 1.23 bits per heavy atom. The van der Waals surface area contributed by atoms with E-state index in [1.807, 2.05) is 11.0 Å². The maximum Gasteiger partial charge on any atom is 0.318 e. The number of rotatable bonds is 3. The van der Waals surface area contributed by atoms with Gasteiger partial charge in [-0.25, -0.2) is 4.79 Å². The molecule has 1 aromatic carbocycles. The summed E-state index contributed by atoms with van der Waals surface area (Å²) in [4.78, 5) is 16.1. The van der Waals surface area contributed by atoms with Crippen molar-refractivity contribution < 1.29 is 9.53 Å². The van der Waals surface area contributed by atoms with Gasteiger partial charge >= 0.3 is 6.03 Å². The van der Waals surface area contributed by atoms with Crippen molar-refractivity contribution in [1.82, 2.24) is 10.2 Å². The van der Waals surface area contributed by atoms with Crippen LogP contribution in [0.5, 0.6) is 0 Å². The average molecular weight is 371 g/mol. The van der Waals surface area contributed by atoms with Gasteiger partial charge in [0.2, 0.25) is 0 Å². The molecule has 1 spiro atoms. The highest BCUT2D eigenvalue weighted by Gasteiger charge is 2.39. The molecule has 1 unspecified atom stereocenters. The summed E-state index contributed by atoms with van der Waals surface area (Å²) in [5.41, 5.74) is 2.38. The Labute approximate surface area is 159 Å². The summed E-state index contributed by atoms with van der Waals surface area (Å²) < 4.78 is 5.98. The van der Waals surface area contributed by atoms with Crippen LogP contribution in [0.1, 0.15) is 47.7 Å². The van der Waals surface area contributed by atoms with E-state index in [-0.39, 0.29) is 17.7 Å². The second-order valence-corrected chi connectivity index (χ2v) is 8.41. The Morgan fingerprint density at radius 3 is 2.73 bits per heavy atom. The van der Waals surface area contributed by atoms with Gasteiger partial charge in [0.1, 0.15) is 0 Å². The molecule has 1 N–H and O–H groups in total. The number of likely N-dealkylation sites (tertiary alicyclic amines) is 1. The van der Waals surface area contributed by atoms with Crippen LogP contribution in [-0.4, -0.2) is 36.2 Å². The largest absolute Gasteiger partial charge is 0.375 e. The summed E-state index contributed by atoms with van der Waals surface area (Å²) in [6.07, 6.45) is 4.20. The number of hydrogen-bond donors (Lipinski definition) is 1. The molecule has 2 aromatic rings. The zero-order chi connectivity index (χ0) is 18.0. The fraction of sp³-hybridized carbons (Fsp3) is 0.476. The Kier molecular flexibility index (Phi) is 5.00. The molecule has 1 aromatic heterocycles. The van der Waals surface area contributed by atoms with Crippen molar-refractivity contribution in [3.63, 3.8) is 0 Å². The van der Waals surface area contributed by atoms with E-state index in [0.29, 0.717) is 0 Å². The maximum absolute atomic E-state index is 12.9. The van der Waals surface area contributed by atoms with Crippen LogP contribution in [0.3, 0.4) is 0 Å². The van der Waals surface area contributed by atoms with E-state index in [2.05, 4.69) is 48.0 Å². The third kappa shape index (κ3) is 3.64. The predicted molar refractivity (Wildman–Crippen MR) is 105 cm³/mol. The third-order valence-corrected chi connectivity index (χ3v) is 6.56. The SMILES string of the molecule is Cc1cccc(C(NC(=O)N2CCC3(CCCO3)CC2)c2cccs2)c1. The molecule has 0 saturated carbocycles. The van der Waals surface area contributed by atoms with Gasteiger partial charge in [-0.1, -0.05) is 35.9 Å². The lowest BCUT2D eigenvalue weighted by molar-refractivity contribution is -0.0362. The summed E-state index contributed by atoms with van der Waals surface area (Å²) >= 11 is 1.68. The second kappa shape index (κ2) is 7.41. The summed E-state index contributed by atoms with van der Waals surface area (Å²) in [7, 11) is 0. The molecule has 4 rings (SSSR count). The quantitative estimate of drug-likeness (QED) is 0.864. The van der Waals surface area contributed by atoms with Gasteiger partial charge in [0.05, 0.1) is 11.6 Å². The minimum absolute atomic E-state index is 0.0257. The third-order valence-electron chi connectivity index (χ3n) is 5.62. The number of aryl methyl sites for hydroxylation is 1. The number of thiophene rings is 1. The van der Waals surface area contributed by atoms with Crippen molar-refractivity contribution in [2.45, 2.75) is 44.2 Å². The number of hydrogen-bond acceptors (Lipinski definition) is 3. The van der Waals surface area contributed by atoms with Crippen LogP contribution in [0, 0.1) is 6.92 Å². The Hall–Kier alpha value is -1.85. The van der Waals surface area contributed by atoms with Gasteiger partial charge in [0.15, 0.2) is 0 Å². The van der Waals surface area contributed by atoms with Crippen LogP contribution in [0.25, 0.3) is 0 Å². The number of urea groups is 1. The van der Waals surface area contributed by atoms with Crippen molar-refractivity contribution in [2.75, 3.05) is 19.7 Å². The van der Waals surface area contributed by atoms with E-state index in [1.165, 1.54) is 5.56 Å². The smallest absolute Gasteiger partial charge is 0.318 e. The van der Waals surface area contributed by atoms with E-state index in [4.69, 9.17) is 4.74 Å². The van der Waals surface area contributed by atoms with Gasteiger partial charge < -0.3 is 15.0 Å². The van der Waals surface area contributed by atoms with Gasteiger partial charge in [-0.2, -0.15) is 0 Å². The molecular weight excluding hydrogens is 344 g/mol. The first-order valence-corrected chi connectivity index (χ1v) is 10.3. The Balaban J connectivity index is 1.47. The number of ether oxygens (including phenoxy) is 1. The van der Waals surface area contributed by atoms with Crippen LogP contribution in [0.15, 0.2) is 41.8 Å². The standard InChI is InChI=1S/C21H26N2O2S/c1-16-5-2-6-17(15-16)19(18-7-3-14-26-18)22-20(24)23-11-9-21(10-12-23)8-4-13-25-21/h2-3,5-7,14-15,19H,4,8-13H2,1H3,(H,22,24). The number of carbonyl (C=O) groups excluding carboxylic acids is 1. The summed E-state index contributed by atoms with van der Waals surface area (Å²) in [5, 5.41) is 5.33. The molecule has 0 radical (unpaired) electrons. The highest BCUT2D eigenvalue weighted by Crippen LogP contribution is 2.36. The molecule has 5 heteroatoms. The lowest BCUT2D eigenvalue weighted by Gasteiger charge is -2.39. The van der Waals surface area contributed by atoms with Crippen LogP contribution < -0.4 is 5.32 Å². The van der Waals surface area contributed by atoms with Crippen molar-refractivity contribution in [2.24, 2.45) is 0 Å². The molecule has 2 aliphatic heterocycles. The fourth-order valence-corrected chi connectivity index (χ4v) is 4.91. The Bertz CT molecular complexity index is 743. The normalized spacial score (nSPS) is 20.3. The molecule has 138 valence electrons. The maximum atomic E-state index is 12.9. The highest BCUT2D eigenvalue weighted by molar-refractivity contribution is 7.10. The molecule has 0 bridgehead atoms. The number of nitrogens with one attached hydrogen (secondary N) is 1. The predicted octanol–water partition coefficient (Wildman–Crippen LogP) is 4.50. The topological polar surface area (TPSA) is 41.6 Å². The molecule has 2 saturated heterocycles. The van der Waals surface area contributed by atoms with Gasteiger partial charge in [-0.3, -0.25) is 0 Å². The Morgan fingerprint density at radius 2 is 2.08 bits per heavy atom. The van der Waals surface area contributed by atoms with Crippen molar-refractivity contribution in [3.05, 3.63) is 57.8 Å². The van der Waals surface area contributed by atoms with E-state index in [1.54, 1.807) is 11.3 Å². The summed E-state index contributed by atoms with van der Waals surface area (Å²) in [5.74, 6) is 0. The number of carbonyl (C=O) groups is 1. The second-order valence-electron chi connectivity index (χ2n) is 7.43. The molecular formula is C21H26N2O2S. The molecule has 26 heavy (non-hydrogen) atoms.